The summed E-state index contributed by atoms with van der Waals surface area (Å²) in [5.74, 6) is 0. The molecule has 3 aromatic rings. The summed E-state index contributed by atoms with van der Waals surface area (Å²) in [4.78, 5) is 4.81. The van der Waals surface area contributed by atoms with Gasteiger partial charge in [0.15, 0.2) is 0 Å². The molecule has 2 aromatic heterocycles. The second kappa shape index (κ2) is 5.47. The first-order chi connectivity index (χ1) is 9.79. The van der Waals surface area contributed by atoms with Crippen LogP contribution in [0.2, 0.25) is 0 Å². The van der Waals surface area contributed by atoms with Gasteiger partial charge in [-0.3, -0.25) is 4.98 Å². The first kappa shape index (κ1) is 12.9. The lowest BCUT2D eigenvalue weighted by molar-refractivity contribution is 0.551. The molecule has 0 spiro atoms. The summed E-state index contributed by atoms with van der Waals surface area (Å²) in [5.41, 5.74) is 4.42. The van der Waals surface area contributed by atoms with E-state index in [0.717, 1.165) is 23.3 Å². The van der Waals surface area contributed by atoms with Gasteiger partial charge in [0.05, 0.1) is 29.8 Å². The first-order valence-electron chi connectivity index (χ1n) is 6.91. The van der Waals surface area contributed by atoms with E-state index in [1.54, 1.807) is 12.5 Å². The van der Waals surface area contributed by atoms with Crippen LogP contribution in [0.5, 0.6) is 0 Å². The van der Waals surface area contributed by atoms with Crippen molar-refractivity contribution in [2.24, 2.45) is 0 Å². The monoisotopic (exact) mass is 266 g/mol. The van der Waals surface area contributed by atoms with Crippen LogP contribution in [-0.2, 0) is 0 Å². The van der Waals surface area contributed by atoms with E-state index >= 15 is 0 Å². The van der Waals surface area contributed by atoms with E-state index in [4.69, 9.17) is 9.40 Å². The number of aromatic nitrogens is 1. The van der Waals surface area contributed by atoms with Crippen molar-refractivity contribution in [3.8, 4) is 0 Å². The van der Waals surface area contributed by atoms with Crippen LogP contribution in [0.25, 0.3) is 10.9 Å². The number of aryl methyl sites for hydroxylation is 1. The largest absolute Gasteiger partial charge is 0.472 e. The maximum absolute atomic E-state index is 5.21. The highest BCUT2D eigenvalue weighted by atomic mass is 16.3. The number of furan rings is 1. The Bertz CT molecular complexity index is 704. The van der Waals surface area contributed by atoms with Gasteiger partial charge in [0.2, 0.25) is 0 Å². The lowest BCUT2D eigenvalue weighted by Gasteiger charge is -2.17. The molecule has 20 heavy (non-hydrogen) atoms. The first-order valence-corrected chi connectivity index (χ1v) is 6.91. The van der Waals surface area contributed by atoms with Crippen LogP contribution in [0.4, 0.5) is 0 Å². The molecule has 3 heteroatoms. The minimum atomic E-state index is 0.0713. The summed E-state index contributed by atoms with van der Waals surface area (Å²) in [6.07, 6.45) is 3.48. The third kappa shape index (κ3) is 2.32. The Morgan fingerprint density at radius 3 is 2.85 bits per heavy atom. The summed E-state index contributed by atoms with van der Waals surface area (Å²) < 4.78 is 5.21. The molecule has 2 heterocycles. The SMILES string of the molecule is CCNC(c1ccoc1)c1cc(C)c2ccccc2n1. The van der Waals surface area contributed by atoms with Crippen LogP contribution in [-0.4, -0.2) is 11.5 Å². The zero-order valence-electron chi connectivity index (χ0n) is 11.8. The highest BCUT2D eigenvalue weighted by Crippen LogP contribution is 2.25. The van der Waals surface area contributed by atoms with Gasteiger partial charge in [-0.1, -0.05) is 25.1 Å². The second-order valence-corrected chi connectivity index (χ2v) is 4.93. The Kier molecular flexibility index (Phi) is 3.52. The number of pyridine rings is 1. The van der Waals surface area contributed by atoms with E-state index in [9.17, 15) is 0 Å². The summed E-state index contributed by atoms with van der Waals surface area (Å²) in [6.45, 7) is 5.11. The van der Waals surface area contributed by atoms with E-state index in [1.807, 2.05) is 12.1 Å². The lowest BCUT2D eigenvalue weighted by atomic mass is 10.0. The van der Waals surface area contributed by atoms with Gasteiger partial charge in [0.25, 0.3) is 0 Å². The van der Waals surface area contributed by atoms with E-state index in [1.165, 1.54) is 10.9 Å². The fourth-order valence-electron chi connectivity index (χ4n) is 2.56. The number of benzene rings is 1. The second-order valence-electron chi connectivity index (χ2n) is 4.93. The van der Waals surface area contributed by atoms with Gasteiger partial charge in [-0.05, 0) is 37.2 Å². The van der Waals surface area contributed by atoms with Crippen molar-refractivity contribution in [1.29, 1.82) is 0 Å². The van der Waals surface area contributed by atoms with Crippen LogP contribution in [0.1, 0.15) is 29.8 Å². The number of nitrogens with one attached hydrogen (secondary N) is 1. The van der Waals surface area contributed by atoms with Crippen molar-refractivity contribution in [1.82, 2.24) is 10.3 Å². The Hall–Kier alpha value is -2.13. The number of fused-ring (bicyclic) bond motifs is 1. The van der Waals surface area contributed by atoms with Crippen molar-refractivity contribution in [2.75, 3.05) is 6.54 Å². The van der Waals surface area contributed by atoms with Gasteiger partial charge in [0, 0.05) is 10.9 Å². The normalized spacial score (nSPS) is 12.7. The maximum Gasteiger partial charge on any atom is 0.0954 e. The molecule has 3 nitrogen and oxygen atoms in total. The van der Waals surface area contributed by atoms with Crippen LogP contribution < -0.4 is 5.32 Å². The minimum absolute atomic E-state index is 0.0713. The molecule has 1 N–H and O–H groups in total. The Labute approximate surface area is 118 Å². The zero-order valence-corrected chi connectivity index (χ0v) is 11.8. The predicted octanol–water partition coefficient (Wildman–Crippen LogP) is 3.84. The highest BCUT2D eigenvalue weighted by molar-refractivity contribution is 5.82. The molecule has 0 saturated heterocycles. The summed E-state index contributed by atoms with van der Waals surface area (Å²) in [7, 11) is 0. The van der Waals surface area contributed by atoms with Crippen LogP contribution >= 0.6 is 0 Å². The molecule has 0 radical (unpaired) electrons. The summed E-state index contributed by atoms with van der Waals surface area (Å²) >= 11 is 0. The van der Waals surface area contributed by atoms with Gasteiger partial charge in [-0.2, -0.15) is 0 Å². The van der Waals surface area contributed by atoms with Gasteiger partial charge in [0.1, 0.15) is 0 Å². The molecule has 102 valence electrons. The van der Waals surface area contributed by atoms with E-state index in [2.05, 4.69) is 43.4 Å². The molecular formula is C17H18N2O. The maximum atomic E-state index is 5.21. The van der Waals surface area contributed by atoms with E-state index < -0.39 is 0 Å². The van der Waals surface area contributed by atoms with E-state index in [0.29, 0.717) is 0 Å². The zero-order chi connectivity index (χ0) is 13.9. The molecule has 0 bridgehead atoms. The standard InChI is InChI=1S/C17H18N2O/c1-3-18-17(13-8-9-20-11-13)16-10-12(2)14-6-4-5-7-15(14)19-16/h4-11,17-18H,3H2,1-2H3. The smallest absolute Gasteiger partial charge is 0.0954 e. The van der Waals surface area contributed by atoms with Crippen molar-refractivity contribution >= 4 is 10.9 Å². The molecule has 0 aliphatic rings. The minimum Gasteiger partial charge on any atom is -0.472 e. The predicted molar refractivity (Wildman–Crippen MR) is 80.7 cm³/mol. The third-order valence-corrected chi connectivity index (χ3v) is 3.52. The summed E-state index contributed by atoms with van der Waals surface area (Å²) in [6, 6.07) is 12.5. The van der Waals surface area contributed by atoms with Crippen LogP contribution in [0, 0.1) is 6.92 Å². The number of rotatable bonds is 4. The molecule has 0 amide bonds. The molecule has 3 rings (SSSR count). The molecule has 0 aliphatic heterocycles. The number of hydrogen-bond donors (Lipinski definition) is 1. The molecule has 1 aromatic carbocycles. The molecule has 1 atom stereocenters. The van der Waals surface area contributed by atoms with Crippen molar-refractivity contribution in [3.63, 3.8) is 0 Å². The topological polar surface area (TPSA) is 38.1 Å². The van der Waals surface area contributed by atoms with Gasteiger partial charge in [-0.15, -0.1) is 0 Å². The molecule has 0 fully saturated rings. The Morgan fingerprint density at radius 2 is 2.10 bits per heavy atom. The van der Waals surface area contributed by atoms with Crippen LogP contribution in [0.15, 0.2) is 53.3 Å². The molecule has 0 aliphatic carbocycles. The van der Waals surface area contributed by atoms with Crippen molar-refractivity contribution < 1.29 is 4.42 Å². The Morgan fingerprint density at radius 1 is 1.25 bits per heavy atom. The van der Waals surface area contributed by atoms with Crippen LogP contribution in [0.3, 0.4) is 0 Å². The van der Waals surface area contributed by atoms with Crippen molar-refractivity contribution in [3.05, 3.63) is 65.7 Å². The van der Waals surface area contributed by atoms with Crippen molar-refractivity contribution in [2.45, 2.75) is 19.9 Å². The molecular weight excluding hydrogens is 248 g/mol. The fourth-order valence-corrected chi connectivity index (χ4v) is 2.56. The number of para-hydroxylation sites is 1. The third-order valence-electron chi connectivity index (χ3n) is 3.52. The quantitative estimate of drug-likeness (QED) is 0.779. The fraction of sp³-hybridized carbons (Fsp3) is 0.235. The van der Waals surface area contributed by atoms with Gasteiger partial charge >= 0.3 is 0 Å². The Balaban J connectivity index is 2.11. The molecule has 1 unspecified atom stereocenters. The summed E-state index contributed by atoms with van der Waals surface area (Å²) in [5, 5.41) is 4.68. The lowest BCUT2D eigenvalue weighted by Crippen LogP contribution is -2.22. The van der Waals surface area contributed by atoms with Gasteiger partial charge < -0.3 is 9.73 Å². The molecule has 0 saturated carbocycles. The van der Waals surface area contributed by atoms with E-state index in [-0.39, 0.29) is 6.04 Å². The average Bonchev–Trinajstić information content (AvgIpc) is 2.98. The highest BCUT2D eigenvalue weighted by Gasteiger charge is 2.16. The number of nitrogens with zero attached hydrogens (tertiary/aromatic N) is 1. The number of hydrogen-bond acceptors (Lipinski definition) is 3. The average molecular weight is 266 g/mol. The van der Waals surface area contributed by atoms with Gasteiger partial charge in [-0.25, -0.2) is 0 Å².